The summed E-state index contributed by atoms with van der Waals surface area (Å²) in [5.41, 5.74) is 9.26. The molecule has 0 unspecified atom stereocenters. The van der Waals surface area contributed by atoms with Gasteiger partial charge in [-0.2, -0.15) is 0 Å². The third-order valence-electron chi connectivity index (χ3n) is 8.45. The van der Waals surface area contributed by atoms with E-state index in [0.29, 0.717) is 0 Å². The number of carboxylic acid groups (broad SMARTS) is 2. The molecule has 2 aromatic heterocycles. The maximum atomic E-state index is 11.2. The Balaban J connectivity index is 1.06. The van der Waals surface area contributed by atoms with Crippen LogP contribution < -0.4 is 0 Å². The van der Waals surface area contributed by atoms with E-state index < -0.39 is 11.9 Å². The molecule has 0 saturated heterocycles. The third-order valence-corrected chi connectivity index (χ3v) is 11.0. The Bertz CT molecular complexity index is 2260. The van der Waals surface area contributed by atoms with E-state index in [0.717, 1.165) is 33.4 Å². The molecule has 0 amide bonds. The van der Waals surface area contributed by atoms with Crippen molar-refractivity contribution in [2.24, 2.45) is 0 Å². The minimum atomic E-state index is -0.921. The van der Waals surface area contributed by atoms with Crippen LogP contribution in [0.5, 0.6) is 0 Å². The van der Waals surface area contributed by atoms with Gasteiger partial charge in [0.25, 0.3) is 0 Å². The third kappa shape index (κ3) is 4.94. The van der Waals surface area contributed by atoms with Crippen molar-refractivity contribution in [3.05, 3.63) is 145 Å². The summed E-state index contributed by atoms with van der Waals surface area (Å²) in [6.45, 7) is 0. The Morgan fingerprint density at radius 1 is 0.370 bits per heavy atom. The van der Waals surface area contributed by atoms with Crippen molar-refractivity contribution in [1.29, 1.82) is 0 Å². The lowest BCUT2D eigenvalue weighted by atomic mass is 9.99. The van der Waals surface area contributed by atoms with Crippen molar-refractivity contribution >= 4 is 64.2 Å². The monoisotopic (exact) mass is 632 g/mol. The zero-order valence-corrected chi connectivity index (χ0v) is 25.9. The van der Waals surface area contributed by atoms with Crippen LogP contribution in [-0.2, 0) is 0 Å². The Morgan fingerprint density at radius 3 is 0.935 bits per heavy atom. The SMILES string of the molecule is O=C(O)c1ccc(-c2ccc(-c3ccc4c(c3)sc3c5ccc(-c6ccc(-c7ccc(C(=O)O)cc7)cc6)cc5sc43)cc2)cc1. The van der Waals surface area contributed by atoms with Crippen molar-refractivity contribution in [2.45, 2.75) is 0 Å². The lowest BCUT2D eigenvalue weighted by molar-refractivity contribution is 0.0686. The summed E-state index contributed by atoms with van der Waals surface area (Å²) < 4.78 is 5.17. The molecule has 0 atom stereocenters. The second-order valence-corrected chi connectivity index (χ2v) is 13.3. The Kier molecular flexibility index (Phi) is 6.75. The average Bonchev–Trinajstić information content (AvgIpc) is 3.63. The smallest absolute Gasteiger partial charge is 0.335 e. The summed E-state index contributed by atoms with van der Waals surface area (Å²) in [6.07, 6.45) is 0. The van der Waals surface area contributed by atoms with Gasteiger partial charge in [-0.3, -0.25) is 0 Å². The zero-order chi connectivity index (χ0) is 31.4. The molecular weight excluding hydrogens is 609 g/mol. The van der Waals surface area contributed by atoms with Crippen molar-refractivity contribution < 1.29 is 19.8 Å². The number of aromatic carboxylic acids is 2. The summed E-state index contributed by atoms with van der Waals surface area (Å²) in [6, 6.07) is 44.2. The van der Waals surface area contributed by atoms with E-state index in [1.54, 1.807) is 24.3 Å². The van der Waals surface area contributed by atoms with Crippen LogP contribution in [0.4, 0.5) is 0 Å². The van der Waals surface area contributed by atoms with E-state index in [9.17, 15) is 9.59 Å². The zero-order valence-electron chi connectivity index (χ0n) is 24.2. The maximum absolute atomic E-state index is 11.2. The minimum absolute atomic E-state index is 0.285. The molecule has 0 aliphatic carbocycles. The fourth-order valence-corrected chi connectivity index (χ4v) is 8.67. The van der Waals surface area contributed by atoms with Gasteiger partial charge in [0.15, 0.2) is 0 Å². The van der Waals surface area contributed by atoms with E-state index in [2.05, 4.69) is 84.9 Å². The molecule has 0 bridgehead atoms. The predicted octanol–water partition coefficient (Wildman–Crippen LogP) is 11.3. The lowest BCUT2D eigenvalue weighted by Crippen LogP contribution is -1.94. The Labute approximate surface area is 272 Å². The Hall–Kier alpha value is -5.56. The van der Waals surface area contributed by atoms with E-state index in [1.807, 2.05) is 46.9 Å². The highest BCUT2D eigenvalue weighted by Gasteiger charge is 2.14. The topological polar surface area (TPSA) is 74.6 Å². The molecule has 0 fully saturated rings. The molecule has 0 aliphatic heterocycles. The molecule has 0 aliphatic rings. The molecule has 220 valence electrons. The first kappa shape index (κ1) is 28.0. The molecule has 6 aromatic carbocycles. The molecule has 0 spiro atoms. The summed E-state index contributed by atoms with van der Waals surface area (Å²) in [5.74, 6) is -1.84. The number of carbonyl (C=O) groups is 2. The van der Waals surface area contributed by atoms with E-state index in [-0.39, 0.29) is 11.1 Å². The summed E-state index contributed by atoms with van der Waals surface area (Å²) >= 11 is 3.68. The van der Waals surface area contributed by atoms with E-state index in [1.165, 1.54) is 40.7 Å². The fraction of sp³-hybridized carbons (Fsp3) is 0. The average molecular weight is 633 g/mol. The first-order valence-electron chi connectivity index (χ1n) is 14.7. The van der Waals surface area contributed by atoms with E-state index >= 15 is 0 Å². The molecule has 46 heavy (non-hydrogen) atoms. The second kappa shape index (κ2) is 11.1. The van der Waals surface area contributed by atoms with Gasteiger partial charge in [-0.15, -0.1) is 22.7 Å². The highest BCUT2D eigenvalue weighted by Crippen LogP contribution is 2.46. The number of carboxylic acids is 2. The molecule has 2 heterocycles. The van der Waals surface area contributed by atoms with Crippen LogP contribution >= 0.6 is 22.7 Å². The van der Waals surface area contributed by atoms with Gasteiger partial charge in [0.2, 0.25) is 0 Å². The first-order valence-corrected chi connectivity index (χ1v) is 16.3. The van der Waals surface area contributed by atoms with Crippen molar-refractivity contribution in [3.63, 3.8) is 0 Å². The molecule has 6 heteroatoms. The Morgan fingerprint density at radius 2 is 0.630 bits per heavy atom. The molecule has 0 saturated carbocycles. The van der Waals surface area contributed by atoms with E-state index in [4.69, 9.17) is 10.2 Å². The first-order chi connectivity index (χ1) is 22.4. The van der Waals surface area contributed by atoms with Gasteiger partial charge in [-0.25, -0.2) is 9.59 Å². The van der Waals surface area contributed by atoms with Crippen molar-refractivity contribution in [3.8, 4) is 44.5 Å². The minimum Gasteiger partial charge on any atom is -0.478 e. The quantitative estimate of drug-likeness (QED) is 0.191. The largest absolute Gasteiger partial charge is 0.478 e. The number of hydrogen-bond acceptors (Lipinski definition) is 4. The van der Waals surface area contributed by atoms with Crippen LogP contribution in [0.3, 0.4) is 0 Å². The molecule has 8 aromatic rings. The summed E-state index contributed by atoms with van der Waals surface area (Å²) in [7, 11) is 0. The molecular formula is C40H24O4S2. The van der Waals surface area contributed by atoms with Gasteiger partial charge in [0, 0.05) is 20.2 Å². The predicted molar refractivity (Wildman–Crippen MR) is 190 cm³/mol. The van der Waals surface area contributed by atoms with Crippen LogP contribution in [0.2, 0.25) is 0 Å². The maximum Gasteiger partial charge on any atom is 0.335 e. The van der Waals surface area contributed by atoms with Gasteiger partial charge < -0.3 is 10.2 Å². The summed E-state index contributed by atoms with van der Waals surface area (Å²) in [5, 5.41) is 20.9. The number of thiophene rings is 2. The standard InChI is InChI=1S/C40H24O4S2/c41-39(42)29-13-9-25(10-14-29)23-1-5-27(6-2-23)31-17-19-33-35(21-31)45-38-34-20-18-32(22-36(34)46-37(33)38)28-7-3-24(4-8-28)26-11-15-30(16-12-26)40(43)44/h1-22H,(H,41,42)(H,43,44). The van der Waals surface area contributed by atoms with Crippen LogP contribution in [0, 0.1) is 0 Å². The van der Waals surface area contributed by atoms with Gasteiger partial charge in [0.05, 0.1) is 20.5 Å². The molecule has 4 nitrogen and oxygen atoms in total. The molecule has 2 N–H and O–H groups in total. The number of benzene rings is 6. The molecule has 8 rings (SSSR count). The fourth-order valence-electron chi connectivity index (χ4n) is 5.94. The second-order valence-electron chi connectivity index (χ2n) is 11.2. The van der Waals surface area contributed by atoms with Crippen molar-refractivity contribution in [1.82, 2.24) is 0 Å². The number of hydrogen-bond donors (Lipinski definition) is 2. The lowest BCUT2D eigenvalue weighted by Gasteiger charge is -2.06. The summed E-state index contributed by atoms with van der Waals surface area (Å²) in [4.78, 5) is 22.3. The molecule has 0 radical (unpaired) electrons. The van der Waals surface area contributed by atoms with Gasteiger partial charge >= 0.3 is 11.9 Å². The van der Waals surface area contributed by atoms with Crippen LogP contribution in [-0.4, -0.2) is 22.2 Å². The van der Waals surface area contributed by atoms with Gasteiger partial charge in [-0.05, 0) is 80.9 Å². The van der Waals surface area contributed by atoms with Gasteiger partial charge in [0.1, 0.15) is 0 Å². The number of fused-ring (bicyclic) bond motifs is 5. The van der Waals surface area contributed by atoms with Crippen LogP contribution in [0.15, 0.2) is 133 Å². The van der Waals surface area contributed by atoms with Crippen molar-refractivity contribution in [2.75, 3.05) is 0 Å². The normalized spacial score (nSPS) is 11.4. The highest BCUT2D eigenvalue weighted by atomic mass is 32.1. The van der Waals surface area contributed by atoms with Crippen LogP contribution in [0.1, 0.15) is 20.7 Å². The number of rotatable bonds is 6. The highest BCUT2D eigenvalue weighted by molar-refractivity contribution is 7.36. The van der Waals surface area contributed by atoms with Gasteiger partial charge in [-0.1, -0.05) is 97.1 Å². The van der Waals surface area contributed by atoms with Crippen LogP contribution in [0.25, 0.3) is 74.1 Å².